The molecule has 0 aliphatic carbocycles. The highest BCUT2D eigenvalue weighted by molar-refractivity contribution is 7.17. The zero-order valence-corrected chi connectivity index (χ0v) is 21.8. The van der Waals surface area contributed by atoms with E-state index in [9.17, 15) is 0 Å². The Kier molecular flexibility index (Phi) is 5.81. The van der Waals surface area contributed by atoms with Gasteiger partial charge in [-0.3, -0.25) is 4.98 Å². The van der Waals surface area contributed by atoms with Crippen LogP contribution in [0, 0.1) is 0 Å². The molecule has 6 heteroatoms. The van der Waals surface area contributed by atoms with Crippen LogP contribution in [0.4, 0.5) is 0 Å². The molecule has 0 aliphatic heterocycles. The number of fused-ring (bicyclic) bond motifs is 4. The number of nitrogens with zero attached hydrogens (tertiary/aromatic N) is 4. The highest BCUT2D eigenvalue weighted by Gasteiger charge is 2.17. The van der Waals surface area contributed by atoms with E-state index in [2.05, 4.69) is 87.7 Å². The van der Waals surface area contributed by atoms with Crippen LogP contribution in [0.15, 0.2) is 120 Å². The molecule has 0 amide bonds. The van der Waals surface area contributed by atoms with Crippen LogP contribution in [0.5, 0.6) is 0 Å². The molecule has 0 saturated carbocycles. The quantitative estimate of drug-likeness (QED) is 0.226. The maximum absolute atomic E-state index is 5.08. The van der Waals surface area contributed by atoms with Crippen LogP contribution >= 0.6 is 22.7 Å². The van der Waals surface area contributed by atoms with Gasteiger partial charge in [0.1, 0.15) is 0 Å². The molecule has 38 heavy (non-hydrogen) atoms. The zero-order chi connectivity index (χ0) is 25.3. The van der Waals surface area contributed by atoms with Gasteiger partial charge in [0.2, 0.25) is 0 Å². The third kappa shape index (κ3) is 4.10. The van der Waals surface area contributed by atoms with E-state index in [1.54, 1.807) is 22.7 Å². The molecular weight excluding hydrogens is 505 g/mol. The van der Waals surface area contributed by atoms with Crippen LogP contribution < -0.4 is 0 Å². The van der Waals surface area contributed by atoms with Crippen LogP contribution in [0.2, 0.25) is 0 Å². The molecule has 0 radical (unpaired) electrons. The first-order valence-electron chi connectivity index (χ1n) is 12.2. The number of hydrogen-bond acceptors (Lipinski definition) is 6. The Balaban J connectivity index is 0.000000203. The van der Waals surface area contributed by atoms with Gasteiger partial charge in [0.15, 0.2) is 0 Å². The highest BCUT2D eigenvalue weighted by Crippen LogP contribution is 2.39. The molecule has 8 rings (SSSR count). The Morgan fingerprint density at radius 2 is 1.11 bits per heavy atom. The molecule has 0 bridgehead atoms. The monoisotopic (exact) mass is 524 g/mol. The van der Waals surface area contributed by atoms with Gasteiger partial charge in [-0.2, -0.15) is 0 Å². The second-order valence-electron chi connectivity index (χ2n) is 8.78. The molecule has 4 aromatic carbocycles. The Morgan fingerprint density at radius 1 is 0.474 bits per heavy atom. The standard InChI is InChI=1S/C23H13N3S2.C9H7N/c1-2-8-18-14(5-1)11-17(15-6-3-9-19-22(15)24-12-27-19)21(26-18)16-7-4-10-20-23(16)25-13-28-20;1-2-6-9-8(4-1)5-3-7-10-9/h1-13H;1-7H. The second-order valence-corrected chi connectivity index (χ2v) is 10.6. The van der Waals surface area contributed by atoms with Gasteiger partial charge in [-0.25, -0.2) is 15.0 Å². The second kappa shape index (κ2) is 9.74. The van der Waals surface area contributed by atoms with Crippen LogP contribution in [0.1, 0.15) is 0 Å². The minimum absolute atomic E-state index is 0.954. The lowest BCUT2D eigenvalue weighted by Gasteiger charge is -2.12. The zero-order valence-electron chi connectivity index (χ0n) is 20.2. The van der Waals surface area contributed by atoms with Gasteiger partial charge >= 0.3 is 0 Å². The third-order valence-electron chi connectivity index (χ3n) is 6.50. The minimum atomic E-state index is 0.954. The summed E-state index contributed by atoms with van der Waals surface area (Å²) in [6, 6.07) is 35.2. The topological polar surface area (TPSA) is 51.6 Å². The van der Waals surface area contributed by atoms with Gasteiger partial charge in [0, 0.05) is 33.7 Å². The smallest absolute Gasteiger partial charge is 0.0906 e. The number of rotatable bonds is 2. The molecule has 0 spiro atoms. The van der Waals surface area contributed by atoms with Crippen molar-refractivity contribution in [3.05, 3.63) is 120 Å². The Labute approximate surface area is 226 Å². The third-order valence-corrected chi connectivity index (χ3v) is 8.09. The fourth-order valence-corrected chi connectivity index (χ4v) is 6.13. The molecule has 0 saturated heterocycles. The van der Waals surface area contributed by atoms with E-state index >= 15 is 0 Å². The SMILES string of the molecule is c1ccc2nc(-c3cccc4scnc34)c(-c3cccc4scnc34)cc2c1.c1ccc2ncccc2c1. The summed E-state index contributed by atoms with van der Waals surface area (Å²) in [6.45, 7) is 0. The predicted molar refractivity (Wildman–Crippen MR) is 161 cm³/mol. The van der Waals surface area contributed by atoms with Gasteiger partial charge in [-0.1, -0.05) is 66.7 Å². The number of aromatic nitrogens is 4. The van der Waals surface area contributed by atoms with E-state index in [0.717, 1.165) is 49.8 Å². The predicted octanol–water partition coefficient (Wildman–Crippen LogP) is 9.02. The maximum Gasteiger partial charge on any atom is 0.0906 e. The van der Waals surface area contributed by atoms with E-state index in [1.807, 2.05) is 47.5 Å². The van der Waals surface area contributed by atoms with E-state index in [-0.39, 0.29) is 0 Å². The van der Waals surface area contributed by atoms with E-state index in [0.29, 0.717) is 0 Å². The normalized spacial score (nSPS) is 11.2. The first-order valence-corrected chi connectivity index (χ1v) is 14.0. The van der Waals surface area contributed by atoms with Gasteiger partial charge in [0.05, 0.1) is 48.2 Å². The molecule has 8 aromatic rings. The van der Waals surface area contributed by atoms with Crippen molar-refractivity contribution in [2.45, 2.75) is 0 Å². The fraction of sp³-hybridized carbons (Fsp3) is 0. The number of thiazole rings is 2. The summed E-state index contributed by atoms with van der Waals surface area (Å²) in [5.74, 6) is 0. The van der Waals surface area contributed by atoms with Crippen molar-refractivity contribution >= 4 is 64.9 Å². The lowest BCUT2D eigenvalue weighted by atomic mass is 9.96. The molecular formula is C32H20N4S2. The summed E-state index contributed by atoms with van der Waals surface area (Å²) in [4.78, 5) is 18.5. The van der Waals surface area contributed by atoms with Crippen molar-refractivity contribution in [3.8, 4) is 22.4 Å². The van der Waals surface area contributed by atoms with Crippen LogP contribution in [0.25, 0.3) is 64.6 Å². The molecule has 4 heterocycles. The number of hydrogen-bond donors (Lipinski definition) is 0. The lowest BCUT2D eigenvalue weighted by molar-refractivity contribution is 1.39. The number of para-hydroxylation sites is 4. The summed E-state index contributed by atoms with van der Waals surface area (Å²) < 4.78 is 2.36. The van der Waals surface area contributed by atoms with Gasteiger partial charge in [-0.15, -0.1) is 22.7 Å². The first kappa shape index (κ1) is 22.7. The molecule has 0 fully saturated rings. The number of benzene rings is 4. The highest BCUT2D eigenvalue weighted by atomic mass is 32.1. The fourth-order valence-electron chi connectivity index (χ4n) is 4.72. The summed E-state index contributed by atoms with van der Waals surface area (Å²) in [5, 5.41) is 2.32. The Morgan fingerprint density at radius 3 is 1.87 bits per heavy atom. The van der Waals surface area contributed by atoms with Crippen LogP contribution in [-0.4, -0.2) is 19.9 Å². The molecule has 0 N–H and O–H groups in total. The van der Waals surface area contributed by atoms with Crippen molar-refractivity contribution in [2.24, 2.45) is 0 Å². The summed E-state index contributed by atoms with van der Waals surface area (Å²) in [5.41, 5.74) is 12.1. The maximum atomic E-state index is 5.08. The average molecular weight is 525 g/mol. The van der Waals surface area contributed by atoms with Crippen LogP contribution in [-0.2, 0) is 0 Å². The average Bonchev–Trinajstić information content (AvgIpc) is 3.67. The first-order chi connectivity index (χ1) is 18.8. The van der Waals surface area contributed by atoms with Crippen LogP contribution in [0.3, 0.4) is 0 Å². The van der Waals surface area contributed by atoms with Crippen molar-refractivity contribution in [3.63, 3.8) is 0 Å². The minimum Gasteiger partial charge on any atom is -0.256 e. The largest absolute Gasteiger partial charge is 0.256 e. The van der Waals surface area contributed by atoms with E-state index < -0.39 is 0 Å². The molecule has 4 nitrogen and oxygen atoms in total. The van der Waals surface area contributed by atoms with Gasteiger partial charge < -0.3 is 0 Å². The van der Waals surface area contributed by atoms with Crippen molar-refractivity contribution in [2.75, 3.05) is 0 Å². The Bertz CT molecular complexity index is 1880. The Hall–Kier alpha value is -4.52. The number of pyridine rings is 2. The van der Waals surface area contributed by atoms with Crippen molar-refractivity contribution < 1.29 is 0 Å². The summed E-state index contributed by atoms with van der Waals surface area (Å²) >= 11 is 3.32. The molecule has 4 aromatic heterocycles. The lowest BCUT2D eigenvalue weighted by Crippen LogP contribution is -1.93. The molecule has 180 valence electrons. The van der Waals surface area contributed by atoms with E-state index in [1.165, 1.54) is 14.8 Å². The molecule has 0 atom stereocenters. The van der Waals surface area contributed by atoms with Gasteiger partial charge in [0.25, 0.3) is 0 Å². The van der Waals surface area contributed by atoms with E-state index in [4.69, 9.17) is 4.98 Å². The summed E-state index contributed by atoms with van der Waals surface area (Å²) in [6.07, 6.45) is 1.81. The molecule has 0 aliphatic rings. The van der Waals surface area contributed by atoms with Gasteiger partial charge in [-0.05, 0) is 36.4 Å². The van der Waals surface area contributed by atoms with Crippen molar-refractivity contribution in [1.82, 2.24) is 19.9 Å². The molecule has 0 unspecified atom stereocenters. The van der Waals surface area contributed by atoms with Crippen molar-refractivity contribution in [1.29, 1.82) is 0 Å². The summed E-state index contributed by atoms with van der Waals surface area (Å²) in [7, 11) is 0.